The van der Waals surface area contributed by atoms with Crippen molar-refractivity contribution in [1.82, 2.24) is 0 Å². The molecule has 9 heteroatoms. The Hall–Kier alpha value is -0.640. The van der Waals surface area contributed by atoms with Crippen LogP contribution >= 0.6 is 47.8 Å². The van der Waals surface area contributed by atoms with Crippen molar-refractivity contribution in [3.63, 3.8) is 0 Å². The molecule has 2 aromatic rings. The highest BCUT2D eigenvalue weighted by atomic mass is 79.9. The fraction of sp³-hybridized carbons (Fsp3) is 0. The molecule has 0 aliphatic rings. The number of hydrogen-bond donors (Lipinski definition) is 2. The average Bonchev–Trinajstić information content (AvgIpc) is 2.38. The zero-order chi connectivity index (χ0) is 15.8. The molecule has 0 unspecified atom stereocenters. The topological polar surface area (TPSA) is 72.2 Å². The molecule has 2 aromatic carbocycles. The Labute approximate surface area is 146 Å². The third kappa shape index (κ3) is 3.58. The standard InChI is InChI=1S/C12H8Br3FN2O2S/c13-6-2-1-3-7(14)12(6)18-21(19,20)11-5-10(17)9(16)4-8(11)15/h1-5,18H,17H2. The minimum absolute atomic E-state index is 0.0878. The van der Waals surface area contributed by atoms with Gasteiger partial charge in [-0.15, -0.1) is 0 Å². The van der Waals surface area contributed by atoms with Gasteiger partial charge in [0.2, 0.25) is 0 Å². The molecule has 0 fully saturated rings. The number of benzene rings is 2. The van der Waals surface area contributed by atoms with Gasteiger partial charge in [0.1, 0.15) is 10.7 Å². The maximum absolute atomic E-state index is 13.3. The van der Waals surface area contributed by atoms with E-state index in [1.807, 2.05) is 0 Å². The van der Waals surface area contributed by atoms with Crippen LogP contribution in [0.2, 0.25) is 0 Å². The number of anilines is 2. The Kier molecular flexibility index (Phi) is 4.96. The van der Waals surface area contributed by atoms with Crippen molar-refractivity contribution in [1.29, 1.82) is 0 Å². The van der Waals surface area contributed by atoms with Gasteiger partial charge in [0.15, 0.2) is 0 Å². The molecule has 0 aliphatic carbocycles. The van der Waals surface area contributed by atoms with Crippen molar-refractivity contribution in [2.75, 3.05) is 10.5 Å². The van der Waals surface area contributed by atoms with E-state index in [4.69, 9.17) is 5.73 Å². The predicted molar refractivity (Wildman–Crippen MR) is 91.2 cm³/mol. The van der Waals surface area contributed by atoms with E-state index in [-0.39, 0.29) is 15.1 Å². The van der Waals surface area contributed by atoms with E-state index in [1.165, 1.54) is 0 Å². The molecular weight excluding hydrogens is 495 g/mol. The summed E-state index contributed by atoms with van der Waals surface area (Å²) in [6, 6.07) is 7.20. The van der Waals surface area contributed by atoms with Crippen LogP contribution in [-0.2, 0) is 10.0 Å². The van der Waals surface area contributed by atoms with Crippen LogP contribution in [0, 0.1) is 5.82 Å². The van der Waals surface area contributed by atoms with E-state index in [0.717, 1.165) is 12.1 Å². The molecule has 112 valence electrons. The molecule has 3 N–H and O–H groups in total. The minimum Gasteiger partial charge on any atom is -0.396 e. The lowest BCUT2D eigenvalue weighted by molar-refractivity contribution is 0.599. The van der Waals surface area contributed by atoms with E-state index in [0.29, 0.717) is 14.6 Å². The van der Waals surface area contributed by atoms with E-state index >= 15 is 0 Å². The van der Waals surface area contributed by atoms with Gasteiger partial charge < -0.3 is 5.73 Å². The summed E-state index contributed by atoms with van der Waals surface area (Å²) in [5.41, 5.74) is 5.53. The smallest absolute Gasteiger partial charge is 0.263 e. The number of rotatable bonds is 3. The molecule has 0 bridgehead atoms. The van der Waals surface area contributed by atoms with Gasteiger partial charge in [-0.25, -0.2) is 12.8 Å². The number of nitrogens with two attached hydrogens (primary N) is 1. The van der Waals surface area contributed by atoms with Crippen molar-refractivity contribution in [2.45, 2.75) is 4.90 Å². The van der Waals surface area contributed by atoms with E-state index in [2.05, 4.69) is 52.5 Å². The van der Waals surface area contributed by atoms with Gasteiger partial charge in [0.05, 0.1) is 11.4 Å². The molecule has 0 saturated heterocycles. The fourth-order valence-electron chi connectivity index (χ4n) is 1.54. The second-order valence-corrected chi connectivity index (χ2v) is 8.22. The Morgan fingerprint density at radius 3 is 2.19 bits per heavy atom. The van der Waals surface area contributed by atoms with Crippen LogP contribution in [-0.4, -0.2) is 8.42 Å². The summed E-state index contributed by atoms with van der Waals surface area (Å²) in [4.78, 5) is -0.149. The summed E-state index contributed by atoms with van der Waals surface area (Å²) in [6.07, 6.45) is 0. The number of sulfonamides is 1. The highest BCUT2D eigenvalue weighted by Gasteiger charge is 2.21. The van der Waals surface area contributed by atoms with Gasteiger partial charge in [-0.05, 0) is 72.1 Å². The summed E-state index contributed by atoms with van der Waals surface area (Å²) in [6.45, 7) is 0. The van der Waals surface area contributed by atoms with E-state index in [9.17, 15) is 12.8 Å². The van der Waals surface area contributed by atoms with Crippen LogP contribution < -0.4 is 10.5 Å². The van der Waals surface area contributed by atoms with Crippen molar-refractivity contribution in [3.8, 4) is 0 Å². The molecule has 0 amide bonds. The van der Waals surface area contributed by atoms with Gasteiger partial charge >= 0.3 is 0 Å². The van der Waals surface area contributed by atoms with Gasteiger partial charge in [0, 0.05) is 13.4 Å². The summed E-state index contributed by atoms with van der Waals surface area (Å²) in [5.74, 6) is -0.692. The van der Waals surface area contributed by atoms with Crippen LogP contribution in [0.3, 0.4) is 0 Å². The molecule has 4 nitrogen and oxygen atoms in total. The van der Waals surface area contributed by atoms with Gasteiger partial charge in [-0.1, -0.05) is 6.07 Å². The van der Waals surface area contributed by atoms with Gasteiger partial charge in [-0.3, -0.25) is 4.72 Å². The Morgan fingerprint density at radius 1 is 1.05 bits per heavy atom. The van der Waals surface area contributed by atoms with E-state index in [1.54, 1.807) is 18.2 Å². The molecule has 0 aliphatic heterocycles. The van der Waals surface area contributed by atoms with Gasteiger partial charge in [0.25, 0.3) is 10.0 Å². The summed E-state index contributed by atoms with van der Waals surface area (Å²) < 4.78 is 41.8. The zero-order valence-corrected chi connectivity index (χ0v) is 15.8. The average molecular weight is 503 g/mol. The third-order valence-electron chi connectivity index (χ3n) is 2.54. The maximum Gasteiger partial charge on any atom is 0.263 e. The van der Waals surface area contributed by atoms with Crippen molar-refractivity contribution < 1.29 is 12.8 Å². The number of halogens is 4. The molecular formula is C12H8Br3FN2O2S. The highest BCUT2D eigenvalue weighted by Crippen LogP contribution is 2.34. The van der Waals surface area contributed by atoms with Crippen molar-refractivity contribution in [3.05, 3.63) is 49.6 Å². The molecule has 0 aromatic heterocycles. The second kappa shape index (κ2) is 6.23. The summed E-state index contributed by atoms with van der Waals surface area (Å²) in [5, 5.41) is 0. The molecule has 0 spiro atoms. The monoisotopic (exact) mass is 500 g/mol. The fourth-order valence-corrected chi connectivity index (χ4v) is 5.15. The Morgan fingerprint density at radius 2 is 1.62 bits per heavy atom. The number of nitrogen functional groups attached to an aromatic ring is 1. The molecule has 0 heterocycles. The van der Waals surface area contributed by atoms with Crippen LogP contribution in [0.5, 0.6) is 0 Å². The first-order chi connectivity index (χ1) is 9.72. The first kappa shape index (κ1) is 16.7. The first-order valence-electron chi connectivity index (χ1n) is 5.43. The molecule has 0 radical (unpaired) electrons. The normalized spacial score (nSPS) is 11.4. The van der Waals surface area contributed by atoms with Crippen molar-refractivity contribution in [2.24, 2.45) is 0 Å². The number of para-hydroxylation sites is 1. The summed E-state index contributed by atoms with van der Waals surface area (Å²) >= 11 is 9.56. The van der Waals surface area contributed by atoms with E-state index < -0.39 is 15.8 Å². The summed E-state index contributed by atoms with van der Waals surface area (Å²) in [7, 11) is -3.93. The molecule has 2 rings (SSSR count). The molecule has 0 atom stereocenters. The predicted octanol–water partition coefficient (Wildman–Crippen LogP) is 4.50. The molecule has 21 heavy (non-hydrogen) atoms. The highest BCUT2D eigenvalue weighted by molar-refractivity contribution is 9.11. The number of hydrogen-bond acceptors (Lipinski definition) is 3. The lowest BCUT2D eigenvalue weighted by Crippen LogP contribution is -2.15. The maximum atomic E-state index is 13.3. The largest absolute Gasteiger partial charge is 0.396 e. The van der Waals surface area contributed by atoms with Crippen LogP contribution in [0.25, 0.3) is 0 Å². The first-order valence-corrected chi connectivity index (χ1v) is 9.30. The third-order valence-corrected chi connectivity index (χ3v) is 6.17. The SMILES string of the molecule is Nc1cc(S(=O)(=O)Nc2c(Br)cccc2Br)c(Br)cc1F. The van der Waals surface area contributed by atoms with Crippen molar-refractivity contribution >= 4 is 69.2 Å². The Bertz CT molecular complexity index is 792. The van der Waals surface area contributed by atoms with Crippen LogP contribution in [0.15, 0.2) is 48.6 Å². The quantitative estimate of drug-likeness (QED) is 0.607. The van der Waals surface area contributed by atoms with Crippen LogP contribution in [0.1, 0.15) is 0 Å². The lowest BCUT2D eigenvalue weighted by atomic mass is 10.3. The minimum atomic E-state index is -3.93. The molecule has 0 saturated carbocycles. The zero-order valence-electron chi connectivity index (χ0n) is 10.2. The van der Waals surface area contributed by atoms with Gasteiger partial charge in [-0.2, -0.15) is 0 Å². The van der Waals surface area contributed by atoms with Crippen LogP contribution in [0.4, 0.5) is 15.8 Å². The lowest BCUT2D eigenvalue weighted by Gasteiger charge is -2.13. The number of nitrogens with one attached hydrogen (secondary N) is 1. The Balaban J connectivity index is 2.51. The second-order valence-electron chi connectivity index (χ2n) is 4.01.